The van der Waals surface area contributed by atoms with Gasteiger partial charge >= 0.3 is 0 Å². The van der Waals surface area contributed by atoms with Crippen LogP contribution in [-0.4, -0.2) is 58.1 Å². The van der Waals surface area contributed by atoms with Crippen molar-refractivity contribution in [2.45, 2.75) is 51.8 Å². The number of hydrogen-bond acceptors (Lipinski definition) is 4. The van der Waals surface area contributed by atoms with Gasteiger partial charge in [0.15, 0.2) is 0 Å². The quantitative estimate of drug-likeness (QED) is 0.908. The van der Waals surface area contributed by atoms with Crippen molar-refractivity contribution in [1.29, 1.82) is 0 Å². The number of nitrogens with one attached hydrogen (secondary N) is 1. The highest BCUT2D eigenvalue weighted by atomic mass is 16.5. The van der Waals surface area contributed by atoms with E-state index in [0.29, 0.717) is 24.5 Å². The van der Waals surface area contributed by atoms with Crippen LogP contribution in [0.4, 0.5) is 0 Å². The summed E-state index contributed by atoms with van der Waals surface area (Å²) in [5.74, 6) is 0.600. The molecule has 2 aromatic rings. The number of carbonyl (C=O) groups is 1. The first-order valence-electron chi connectivity index (χ1n) is 9.58. The lowest BCUT2D eigenvalue weighted by Gasteiger charge is -2.36. The van der Waals surface area contributed by atoms with Gasteiger partial charge in [-0.25, -0.2) is 4.98 Å². The zero-order chi connectivity index (χ0) is 18.3. The van der Waals surface area contributed by atoms with E-state index in [9.17, 15) is 4.79 Å². The number of nitrogens with zero attached hydrogens (tertiary/aromatic N) is 3. The highest BCUT2D eigenvalue weighted by Crippen LogP contribution is 2.25. The lowest BCUT2D eigenvalue weighted by Crippen LogP contribution is -2.48. The number of amides is 1. The molecule has 2 aromatic heterocycles. The molecule has 0 spiro atoms. The van der Waals surface area contributed by atoms with Crippen LogP contribution in [0.5, 0.6) is 0 Å². The molecule has 2 saturated heterocycles. The highest BCUT2D eigenvalue weighted by Gasteiger charge is 2.38. The SMILES string of the molecule is Cc1cccn2c(CC(=O)N[C@H]3C[C@H]4CO[C@@H](C(C)C)CN4C3)cnc12. The molecule has 0 aromatic carbocycles. The summed E-state index contributed by atoms with van der Waals surface area (Å²) < 4.78 is 7.99. The third-order valence-corrected chi connectivity index (χ3v) is 5.70. The van der Waals surface area contributed by atoms with Crippen molar-refractivity contribution in [1.82, 2.24) is 19.6 Å². The zero-order valence-electron chi connectivity index (χ0n) is 15.8. The second-order valence-electron chi connectivity index (χ2n) is 8.03. The molecule has 0 saturated carbocycles. The third-order valence-electron chi connectivity index (χ3n) is 5.70. The fourth-order valence-electron chi connectivity index (χ4n) is 4.18. The number of imidazole rings is 1. The van der Waals surface area contributed by atoms with E-state index >= 15 is 0 Å². The summed E-state index contributed by atoms with van der Waals surface area (Å²) in [6.45, 7) is 9.13. The predicted octanol–water partition coefficient (Wildman–Crippen LogP) is 1.80. The molecule has 6 heteroatoms. The molecule has 2 fully saturated rings. The van der Waals surface area contributed by atoms with Crippen molar-refractivity contribution in [3.05, 3.63) is 35.8 Å². The van der Waals surface area contributed by atoms with Crippen molar-refractivity contribution < 1.29 is 9.53 Å². The van der Waals surface area contributed by atoms with Gasteiger partial charge in [-0.2, -0.15) is 0 Å². The number of aromatic nitrogens is 2. The minimum Gasteiger partial charge on any atom is -0.375 e. The fourth-order valence-corrected chi connectivity index (χ4v) is 4.18. The van der Waals surface area contributed by atoms with E-state index in [0.717, 1.165) is 43.0 Å². The van der Waals surface area contributed by atoms with Crippen LogP contribution < -0.4 is 5.32 Å². The molecule has 3 atom stereocenters. The van der Waals surface area contributed by atoms with Gasteiger partial charge in [0, 0.05) is 37.6 Å². The summed E-state index contributed by atoms with van der Waals surface area (Å²) in [4.78, 5) is 19.5. The molecule has 1 amide bonds. The number of ether oxygens (including phenoxy) is 1. The van der Waals surface area contributed by atoms with Crippen LogP contribution in [0, 0.1) is 12.8 Å². The summed E-state index contributed by atoms with van der Waals surface area (Å²) in [6, 6.07) is 4.68. The van der Waals surface area contributed by atoms with Crippen molar-refractivity contribution in [2.75, 3.05) is 19.7 Å². The number of carbonyl (C=O) groups excluding carboxylic acids is 1. The van der Waals surface area contributed by atoms with Crippen LogP contribution in [0.25, 0.3) is 5.65 Å². The molecule has 1 N–H and O–H groups in total. The molecule has 2 aliphatic rings. The lowest BCUT2D eigenvalue weighted by atomic mass is 10.0. The maximum atomic E-state index is 12.6. The van der Waals surface area contributed by atoms with Crippen molar-refractivity contribution in [3.8, 4) is 0 Å². The van der Waals surface area contributed by atoms with E-state index in [4.69, 9.17) is 4.74 Å². The monoisotopic (exact) mass is 356 g/mol. The Labute approximate surface area is 154 Å². The Bertz CT molecular complexity index is 800. The third kappa shape index (κ3) is 3.35. The van der Waals surface area contributed by atoms with Crippen molar-refractivity contribution in [3.63, 3.8) is 0 Å². The number of morpholine rings is 1. The second kappa shape index (κ2) is 7.00. The molecular weight excluding hydrogens is 328 g/mol. The first-order valence-corrected chi connectivity index (χ1v) is 9.58. The fraction of sp³-hybridized carbons (Fsp3) is 0.600. The molecule has 2 aliphatic heterocycles. The van der Waals surface area contributed by atoms with Crippen LogP contribution in [0.3, 0.4) is 0 Å². The molecule has 0 radical (unpaired) electrons. The maximum absolute atomic E-state index is 12.6. The first-order chi connectivity index (χ1) is 12.5. The van der Waals surface area contributed by atoms with E-state index < -0.39 is 0 Å². The van der Waals surface area contributed by atoms with E-state index in [1.807, 2.05) is 29.7 Å². The second-order valence-corrected chi connectivity index (χ2v) is 8.03. The van der Waals surface area contributed by atoms with Crippen LogP contribution in [0.1, 0.15) is 31.5 Å². The summed E-state index contributed by atoms with van der Waals surface area (Å²) in [5.41, 5.74) is 2.97. The number of pyridine rings is 1. The van der Waals surface area contributed by atoms with Crippen LogP contribution in [-0.2, 0) is 16.0 Å². The molecule has 140 valence electrons. The van der Waals surface area contributed by atoms with Crippen LogP contribution >= 0.6 is 0 Å². The van der Waals surface area contributed by atoms with E-state index in [1.165, 1.54) is 0 Å². The number of aryl methyl sites for hydroxylation is 1. The normalized spacial score (nSPS) is 26.4. The van der Waals surface area contributed by atoms with Gasteiger partial charge in [-0.05, 0) is 30.9 Å². The number of fused-ring (bicyclic) bond motifs is 2. The Morgan fingerprint density at radius 3 is 3.08 bits per heavy atom. The van der Waals surface area contributed by atoms with E-state index in [1.54, 1.807) is 6.20 Å². The molecule has 6 nitrogen and oxygen atoms in total. The minimum absolute atomic E-state index is 0.0690. The van der Waals surface area contributed by atoms with E-state index in [-0.39, 0.29) is 11.9 Å². The van der Waals surface area contributed by atoms with Gasteiger partial charge in [-0.1, -0.05) is 19.9 Å². The number of hydrogen-bond donors (Lipinski definition) is 1. The zero-order valence-corrected chi connectivity index (χ0v) is 15.8. The maximum Gasteiger partial charge on any atom is 0.226 e. The molecule has 26 heavy (non-hydrogen) atoms. The summed E-state index contributed by atoms with van der Waals surface area (Å²) >= 11 is 0. The molecule has 4 heterocycles. The van der Waals surface area contributed by atoms with Gasteiger partial charge in [0.2, 0.25) is 5.91 Å². The summed E-state index contributed by atoms with van der Waals surface area (Å²) in [6.07, 6.45) is 5.42. The van der Waals surface area contributed by atoms with Crippen LogP contribution in [0.15, 0.2) is 24.5 Å². The number of rotatable bonds is 4. The van der Waals surface area contributed by atoms with Gasteiger partial charge < -0.3 is 14.5 Å². The van der Waals surface area contributed by atoms with Gasteiger partial charge in [0.25, 0.3) is 0 Å². The molecular formula is C20H28N4O2. The Morgan fingerprint density at radius 1 is 1.42 bits per heavy atom. The summed E-state index contributed by atoms with van der Waals surface area (Å²) in [5, 5.41) is 3.22. The predicted molar refractivity (Wildman–Crippen MR) is 100 cm³/mol. The lowest BCUT2D eigenvalue weighted by molar-refractivity contribution is -0.121. The molecule has 0 bridgehead atoms. The van der Waals surface area contributed by atoms with Gasteiger partial charge in [0.05, 0.1) is 24.8 Å². The van der Waals surface area contributed by atoms with E-state index in [2.05, 4.69) is 29.0 Å². The molecule has 4 rings (SSSR count). The standard InChI is InChI=1S/C20H28N4O2/c1-13(2)18-11-23-10-15(7-17(23)12-26-18)22-19(25)8-16-9-21-20-14(3)5-4-6-24(16)20/h4-6,9,13,15,17-18H,7-8,10-12H2,1-3H3,(H,22,25)/t15-,17-,18+/m0/s1. The van der Waals surface area contributed by atoms with Gasteiger partial charge in [-0.3, -0.25) is 9.69 Å². The summed E-state index contributed by atoms with van der Waals surface area (Å²) in [7, 11) is 0. The topological polar surface area (TPSA) is 58.9 Å². The average Bonchev–Trinajstić information content (AvgIpc) is 3.18. The largest absolute Gasteiger partial charge is 0.375 e. The minimum atomic E-state index is 0.0690. The molecule has 0 unspecified atom stereocenters. The average molecular weight is 356 g/mol. The van der Waals surface area contributed by atoms with Crippen molar-refractivity contribution >= 4 is 11.6 Å². The Kier molecular flexibility index (Phi) is 4.71. The Hall–Kier alpha value is -1.92. The van der Waals surface area contributed by atoms with Gasteiger partial charge in [-0.15, -0.1) is 0 Å². The Balaban J connectivity index is 1.36. The Morgan fingerprint density at radius 2 is 2.27 bits per heavy atom. The molecule has 0 aliphatic carbocycles. The van der Waals surface area contributed by atoms with Crippen molar-refractivity contribution in [2.24, 2.45) is 5.92 Å². The van der Waals surface area contributed by atoms with Gasteiger partial charge in [0.1, 0.15) is 5.65 Å². The first kappa shape index (κ1) is 17.5. The van der Waals surface area contributed by atoms with Crippen LogP contribution in [0.2, 0.25) is 0 Å². The highest BCUT2D eigenvalue weighted by molar-refractivity contribution is 5.78. The smallest absolute Gasteiger partial charge is 0.226 e.